The van der Waals surface area contributed by atoms with Gasteiger partial charge in [0.05, 0.1) is 5.41 Å². The zero-order valence-corrected chi connectivity index (χ0v) is 21.3. The lowest BCUT2D eigenvalue weighted by molar-refractivity contribution is -0.118. The molecule has 190 valence electrons. The number of carbonyl (C=O) groups is 1. The number of amidine groups is 1. The van der Waals surface area contributed by atoms with Crippen LogP contribution in [0.5, 0.6) is 5.75 Å². The third-order valence-corrected chi connectivity index (χ3v) is 6.82. The Morgan fingerprint density at radius 3 is 2.61 bits per heavy atom. The van der Waals surface area contributed by atoms with Crippen LogP contribution in [0.1, 0.15) is 56.9 Å². The first-order valence-corrected chi connectivity index (χ1v) is 12.1. The number of aliphatic hydroxyl groups is 1. The van der Waals surface area contributed by atoms with Crippen molar-refractivity contribution < 1.29 is 14.6 Å². The van der Waals surface area contributed by atoms with Crippen LogP contribution in [0.15, 0.2) is 52.8 Å². The molecule has 1 fully saturated rings. The number of benzene rings is 2. The van der Waals surface area contributed by atoms with Crippen molar-refractivity contribution in [3.63, 3.8) is 0 Å². The normalized spacial score (nSPS) is 14.8. The van der Waals surface area contributed by atoms with Crippen molar-refractivity contribution >= 4 is 28.3 Å². The highest BCUT2D eigenvalue weighted by molar-refractivity contribution is 6.02. The number of aliphatic hydroxyl groups excluding tert-OH is 1. The average molecular weight is 491 g/mol. The molecule has 2 aromatic carbocycles. The summed E-state index contributed by atoms with van der Waals surface area (Å²) >= 11 is 0. The van der Waals surface area contributed by atoms with E-state index in [9.17, 15) is 9.90 Å². The molecule has 3 aromatic rings. The van der Waals surface area contributed by atoms with Gasteiger partial charge in [-0.15, -0.1) is 5.11 Å². The van der Waals surface area contributed by atoms with E-state index in [2.05, 4.69) is 47.1 Å². The summed E-state index contributed by atoms with van der Waals surface area (Å²) in [6, 6.07) is 13.8. The Morgan fingerprint density at radius 1 is 1.22 bits per heavy atom. The van der Waals surface area contributed by atoms with E-state index >= 15 is 0 Å². The van der Waals surface area contributed by atoms with Crippen LogP contribution in [0.3, 0.4) is 0 Å². The Balaban J connectivity index is 1.60. The van der Waals surface area contributed by atoms with Crippen LogP contribution in [-0.2, 0) is 22.2 Å². The Labute approximate surface area is 210 Å². The van der Waals surface area contributed by atoms with Crippen molar-refractivity contribution in [2.24, 2.45) is 16.2 Å². The lowest BCUT2D eigenvalue weighted by atomic mass is 9.92. The number of amides is 1. The van der Waals surface area contributed by atoms with E-state index < -0.39 is 12.2 Å². The molecule has 5 N–H and O–H groups in total. The van der Waals surface area contributed by atoms with Gasteiger partial charge in [0, 0.05) is 40.7 Å². The Kier molecular flexibility index (Phi) is 6.86. The molecule has 9 heteroatoms. The molecule has 1 amide bonds. The van der Waals surface area contributed by atoms with Gasteiger partial charge >= 0.3 is 0 Å². The van der Waals surface area contributed by atoms with Crippen LogP contribution in [0, 0.1) is 12.3 Å². The van der Waals surface area contributed by atoms with E-state index in [4.69, 9.17) is 16.0 Å². The van der Waals surface area contributed by atoms with E-state index in [-0.39, 0.29) is 17.2 Å². The number of nitrogens with one attached hydrogen (secondary N) is 2. The molecule has 1 aliphatic carbocycles. The molecule has 36 heavy (non-hydrogen) atoms. The summed E-state index contributed by atoms with van der Waals surface area (Å²) in [7, 11) is 0. The largest absolute Gasteiger partial charge is 0.467 e. The second-order valence-electron chi connectivity index (χ2n) is 10.4. The van der Waals surface area contributed by atoms with Gasteiger partial charge in [0.2, 0.25) is 5.91 Å². The fraction of sp³-hybridized carbons (Fsp3) is 0.407. The van der Waals surface area contributed by atoms with E-state index in [1.54, 1.807) is 0 Å². The number of rotatable bonds is 8. The molecule has 9 nitrogen and oxygen atoms in total. The highest BCUT2D eigenvalue weighted by atomic mass is 16.6. The summed E-state index contributed by atoms with van der Waals surface area (Å²) in [6.07, 6.45) is 1.94. The number of aryl methyl sites for hydroxylation is 2. The molecule has 1 saturated carbocycles. The first-order valence-electron chi connectivity index (χ1n) is 12.1. The fourth-order valence-electron chi connectivity index (χ4n) is 4.69. The summed E-state index contributed by atoms with van der Waals surface area (Å²) in [5.74, 6) is 5.76. The minimum atomic E-state index is -0.587. The van der Waals surface area contributed by atoms with Crippen molar-refractivity contribution in [3.05, 3.63) is 59.3 Å². The van der Waals surface area contributed by atoms with Crippen molar-refractivity contribution in [1.82, 2.24) is 4.57 Å². The molecule has 0 saturated heterocycles. The van der Waals surface area contributed by atoms with Crippen LogP contribution in [-0.4, -0.2) is 28.2 Å². The molecule has 1 aliphatic rings. The number of ether oxygens (including phenoxy) is 1. The maximum Gasteiger partial charge on any atom is 0.235 e. The van der Waals surface area contributed by atoms with Gasteiger partial charge in [-0.2, -0.15) is 0 Å². The second-order valence-corrected chi connectivity index (χ2v) is 10.4. The molecule has 0 aliphatic heterocycles. The van der Waals surface area contributed by atoms with Crippen LogP contribution in [0.4, 0.5) is 5.69 Å². The fourth-order valence-corrected chi connectivity index (χ4v) is 4.69. The van der Waals surface area contributed by atoms with Crippen LogP contribution in [0.2, 0.25) is 0 Å². The zero-order chi connectivity index (χ0) is 26.1. The lowest BCUT2D eigenvalue weighted by Crippen LogP contribution is -2.27. The SMILES string of the molecule is Cc1ccc(C2(C(=O)Nc3ccc4c(c3)cc(C(C)(C)C)n4CCC(=N)N=NN)CC2)cc1OCO. The van der Waals surface area contributed by atoms with Gasteiger partial charge in [0.25, 0.3) is 0 Å². The first kappa shape index (κ1) is 25.4. The van der Waals surface area contributed by atoms with Crippen LogP contribution < -0.4 is 15.9 Å². The molecule has 0 atom stereocenters. The standard InChI is InChI=1S/C27H34N6O3/c1-17-5-6-19(15-22(17)36-16-34)27(10-11-27)25(35)30-20-7-8-21-18(13-20)14-23(26(2,3)4)33(21)12-9-24(28)31-32-29/h5-8,13-15,34H,9-12,16H2,1-4H3,(H,30,35)(H3,28,29,31). The van der Waals surface area contributed by atoms with Crippen molar-refractivity contribution in [2.75, 3.05) is 12.1 Å². The molecule has 4 rings (SSSR count). The lowest BCUT2D eigenvalue weighted by Gasteiger charge is -2.22. The highest BCUT2D eigenvalue weighted by Gasteiger charge is 2.51. The van der Waals surface area contributed by atoms with Gasteiger partial charge < -0.3 is 25.6 Å². The van der Waals surface area contributed by atoms with Crippen molar-refractivity contribution in [2.45, 2.75) is 64.3 Å². The molecule has 0 unspecified atom stereocenters. The van der Waals surface area contributed by atoms with Gasteiger partial charge in [0.15, 0.2) is 6.79 Å². The maximum atomic E-state index is 13.4. The van der Waals surface area contributed by atoms with Crippen LogP contribution >= 0.6 is 0 Å². The highest BCUT2D eigenvalue weighted by Crippen LogP contribution is 2.50. The minimum absolute atomic E-state index is 0.0447. The molecule has 1 heterocycles. The van der Waals surface area contributed by atoms with E-state index in [1.165, 1.54) is 0 Å². The topological polar surface area (TPSA) is 138 Å². The molecule has 0 spiro atoms. The van der Waals surface area contributed by atoms with Gasteiger partial charge in [-0.05, 0) is 61.2 Å². The van der Waals surface area contributed by atoms with Gasteiger partial charge in [0.1, 0.15) is 11.6 Å². The van der Waals surface area contributed by atoms with E-state index in [0.717, 1.165) is 46.3 Å². The Bertz CT molecular complexity index is 1330. The predicted octanol–water partition coefficient (Wildman–Crippen LogP) is 4.94. The number of hydrogen-bond donors (Lipinski definition) is 4. The van der Waals surface area contributed by atoms with Gasteiger partial charge in [-0.25, -0.2) is 0 Å². The molecular weight excluding hydrogens is 456 g/mol. The average Bonchev–Trinajstić information content (AvgIpc) is 3.55. The number of hydrogen-bond acceptors (Lipinski definition) is 5. The van der Waals surface area contributed by atoms with Crippen molar-refractivity contribution in [3.8, 4) is 5.75 Å². The number of carbonyl (C=O) groups excluding carboxylic acids is 1. The Hall–Kier alpha value is -3.72. The summed E-state index contributed by atoms with van der Waals surface area (Å²) in [6.45, 7) is 8.54. The molecule has 0 bridgehead atoms. The third-order valence-electron chi connectivity index (χ3n) is 6.82. The van der Waals surface area contributed by atoms with Crippen molar-refractivity contribution in [1.29, 1.82) is 5.41 Å². The summed E-state index contributed by atoms with van der Waals surface area (Å²) in [5, 5.41) is 28.0. The minimum Gasteiger partial charge on any atom is -0.467 e. The number of anilines is 1. The third kappa shape index (κ3) is 4.97. The summed E-state index contributed by atoms with van der Waals surface area (Å²) in [4.78, 5) is 13.4. The van der Waals surface area contributed by atoms with E-state index in [1.807, 2.05) is 43.3 Å². The first-order chi connectivity index (χ1) is 17.1. The quantitative estimate of drug-likeness (QED) is 0.0887. The van der Waals surface area contributed by atoms with Crippen LogP contribution in [0.25, 0.3) is 10.9 Å². The summed E-state index contributed by atoms with van der Waals surface area (Å²) in [5.41, 5.74) is 4.01. The summed E-state index contributed by atoms with van der Waals surface area (Å²) < 4.78 is 7.52. The molecule has 1 aromatic heterocycles. The maximum absolute atomic E-state index is 13.4. The van der Waals surface area contributed by atoms with Gasteiger partial charge in [-0.3, -0.25) is 10.2 Å². The zero-order valence-electron chi connectivity index (χ0n) is 21.3. The molecule has 0 radical (unpaired) electrons. The monoisotopic (exact) mass is 490 g/mol. The van der Waals surface area contributed by atoms with Gasteiger partial charge in [-0.1, -0.05) is 38.1 Å². The second kappa shape index (κ2) is 9.73. The number of aromatic nitrogens is 1. The number of nitrogens with two attached hydrogens (primary N) is 1. The smallest absolute Gasteiger partial charge is 0.235 e. The number of fused-ring (bicyclic) bond motifs is 1. The van der Waals surface area contributed by atoms with E-state index in [0.29, 0.717) is 18.7 Å². The predicted molar refractivity (Wildman–Crippen MR) is 140 cm³/mol. The Morgan fingerprint density at radius 2 is 1.97 bits per heavy atom. The number of nitrogens with zero attached hydrogens (tertiary/aromatic N) is 3. The molecular formula is C27H34N6O3.